The maximum Gasteiger partial charge on any atom is 0.263 e. The van der Waals surface area contributed by atoms with E-state index in [1.807, 2.05) is 13.0 Å². The monoisotopic (exact) mass is 273 g/mol. The van der Waals surface area contributed by atoms with Crippen molar-refractivity contribution in [3.8, 4) is 0 Å². The van der Waals surface area contributed by atoms with Gasteiger partial charge in [0.2, 0.25) is 5.52 Å². The molecular weight excluding hydrogens is 261 g/mol. The van der Waals surface area contributed by atoms with Crippen LogP contribution < -0.4 is 17.0 Å². The van der Waals surface area contributed by atoms with Crippen molar-refractivity contribution in [1.29, 1.82) is 0 Å². The molecule has 86 valence electrons. The molecule has 1 aromatic heterocycles. The largest absolute Gasteiger partial charge is 1.00 e. The molecule has 2 aromatic rings. The number of benzene rings is 1. The average Bonchev–Trinajstić information content (AvgIpc) is 2.53. The molecule has 2 rings (SSSR count). The summed E-state index contributed by atoms with van der Waals surface area (Å²) in [6.07, 6.45) is 2.02. The molecule has 0 saturated heterocycles. The van der Waals surface area contributed by atoms with E-state index in [0.717, 1.165) is 11.6 Å². The molecule has 1 nitrogen and oxygen atoms in total. The van der Waals surface area contributed by atoms with Crippen molar-refractivity contribution < 1.29 is 17.0 Å². The molecule has 0 N–H and O–H groups in total. The fourth-order valence-electron chi connectivity index (χ4n) is 1.66. The van der Waals surface area contributed by atoms with E-state index in [4.69, 9.17) is 11.6 Å². The summed E-state index contributed by atoms with van der Waals surface area (Å²) in [5.41, 5.74) is 1.29. The van der Waals surface area contributed by atoms with Gasteiger partial charge in [-0.15, -0.1) is 0 Å². The second-order valence-corrected chi connectivity index (χ2v) is 5.04. The summed E-state index contributed by atoms with van der Waals surface area (Å²) in [7, 11) is 0. The Kier molecular flexibility index (Phi) is 4.78. The zero-order chi connectivity index (χ0) is 10.8. The van der Waals surface area contributed by atoms with Gasteiger partial charge in [0.05, 0.1) is 0 Å². The van der Waals surface area contributed by atoms with Crippen molar-refractivity contribution in [3.05, 3.63) is 34.3 Å². The fourth-order valence-corrected chi connectivity index (χ4v) is 3.05. The zero-order valence-corrected chi connectivity index (χ0v) is 11.5. The van der Waals surface area contributed by atoms with E-state index in [1.165, 1.54) is 15.2 Å². The second kappa shape index (κ2) is 5.67. The molecule has 0 radical (unpaired) electrons. The molecule has 0 saturated carbocycles. The quantitative estimate of drug-likeness (QED) is 0.714. The van der Waals surface area contributed by atoms with E-state index in [9.17, 15) is 0 Å². The Morgan fingerprint density at radius 2 is 2.12 bits per heavy atom. The Morgan fingerprint density at radius 3 is 2.75 bits per heavy atom. The molecular formula is C12H13Cl2NS. The molecule has 0 spiro atoms. The van der Waals surface area contributed by atoms with Gasteiger partial charge in [0.1, 0.15) is 11.2 Å². The Balaban J connectivity index is 0.00000128. The molecule has 1 aromatic carbocycles. The number of aromatic nitrogens is 1. The van der Waals surface area contributed by atoms with Gasteiger partial charge in [-0.25, -0.2) is 0 Å². The first-order valence-electron chi connectivity index (χ1n) is 4.97. The van der Waals surface area contributed by atoms with E-state index < -0.39 is 0 Å². The number of hydrogen-bond donors (Lipinski definition) is 0. The number of para-hydroxylation sites is 1. The van der Waals surface area contributed by atoms with Gasteiger partial charge in [-0.2, -0.15) is 4.57 Å². The van der Waals surface area contributed by atoms with Gasteiger partial charge in [0, 0.05) is 17.2 Å². The van der Waals surface area contributed by atoms with Crippen LogP contribution in [0.4, 0.5) is 0 Å². The summed E-state index contributed by atoms with van der Waals surface area (Å²) in [6, 6.07) is 8.44. The first kappa shape index (κ1) is 13.5. The zero-order valence-electron chi connectivity index (χ0n) is 9.21. The number of thiazole rings is 1. The minimum Gasteiger partial charge on any atom is -1.00 e. The number of halogens is 2. The lowest BCUT2D eigenvalue weighted by Gasteiger charge is -1.90. The third-order valence-corrected chi connectivity index (χ3v) is 3.50. The van der Waals surface area contributed by atoms with Gasteiger partial charge in [0.15, 0.2) is 0 Å². The minimum atomic E-state index is 0. The van der Waals surface area contributed by atoms with Crippen molar-refractivity contribution in [2.45, 2.75) is 20.4 Å². The van der Waals surface area contributed by atoms with Gasteiger partial charge in [-0.05, 0) is 19.9 Å². The Morgan fingerprint density at radius 1 is 1.44 bits per heavy atom. The number of aryl methyl sites for hydroxylation is 1. The predicted molar refractivity (Wildman–Crippen MR) is 67.2 cm³/mol. The molecule has 0 aliphatic heterocycles. The Hall–Kier alpha value is -0.570. The molecule has 4 heteroatoms. The molecule has 0 fully saturated rings. The van der Waals surface area contributed by atoms with Crippen LogP contribution in [0.1, 0.15) is 18.9 Å². The number of rotatable bonds is 2. The van der Waals surface area contributed by atoms with Gasteiger partial charge in [0.25, 0.3) is 5.01 Å². The third-order valence-electron chi connectivity index (χ3n) is 2.28. The molecule has 0 atom stereocenters. The van der Waals surface area contributed by atoms with Crippen LogP contribution in [-0.4, -0.2) is 0 Å². The minimum absolute atomic E-state index is 0. The highest BCUT2D eigenvalue weighted by Gasteiger charge is 2.16. The highest BCUT2D eigenvalue weighted by atomic mass is 35.5. The molecule has 0 aliphatic carbocycles. The van der Waals surface area contributed by atoms with Crippen LogP contribution in [-0.2, 0) is 6.54 Å². The lowest BCUT2D eigenvalue weighted by Crippen LogP contribution is -3.00. The standard InChI is InChI=1S/C12H13ClNS.ClH/c1-3-14-10-6-4-5-7-11(10)15-12(14)8-9(2)13;/h4-8H,3H2,1-2H3;1H/q+1;/p-1/b9-8+;. The van der Waals surface area contributed by atoms with Crippen LogP contribution in [0.25, 0.3) is 16.3 Å². The maximum absolute atomic E-state index is 5.92. The van der Waals surface area contributed by atoms with Crippen molar-refractivity contribution in [3.63, 3.8) is 0 Å². The van der Waals surface area contributed by atoms with Crippen molar-refractivity contribution >= 4 is 39.2 Å². The first-order chi connectivity index (χ1) is 7.22. The summed E-state index contributed by atoms with van der Waals surface area (Å²) in [6.45, 7) is 5.03. The molecule has 0 aliphatic rings. The highest BCUT2D eigenvalue weighted by molar-refractivity contribution is 7.18. The lowest BCUT2D eigenvalue weighted by molar-refractivity contribution is -0.665. The van der Waals surface area contributed by atoms with Crippen molar-refractivity contribution in [1.82, 2.24) is 0 Å². The number of hydrogen-bond acceptors (Lipinski definition) is 1. The predicted octanol–water partition coefficient (Wildman–Crippen LogP) is 0.812. The Bertz CT molecular complexity index is 513. The van der Waals surface area contributed by atoms with Crippen LogP contribution in [0.3, 0.4) is 0 Å². The topological polar surface area (TPSA) is 3.88 Å². The summed E-state index contributed by atoms with van der Waals surface area (Å²) >= 11 is 7.70. The molecule has 0 unspecified atom stereocenters. The molecule has 1 heterocycles. The van der Waals surface area contributed by atoms with E-state index in [-0.39, 0.29) is 12.4 Å². The van der Waals surface area contributed by atoms with Gasteiger partial charge in [-0.3, -0.25) is 0 Å². The molecule has 0 amide bonds. The summed E-state index contributed by atoms with van der Waals surface area (Å²) < 4.78 is 3.59. The van der Waals surface area contributed by atoms with Crippen molar-refractivity contribution in [2.24, 2.45) is 0 Å². The molecule has 16 heavy (non-hydrogen) atoms. The van der Waals surface area contributed by atoms with Crippen LogP contribution in [0.2, 0.25) is 0 Å². The van der Waals surface area contributed by atoms with Crippen molar-refractivity contribution in [2.75, 3.05) is 0 Å². The normalized spacial score (nSPS) is 11.6. The number of nitrogens with zero attached hydrogens (tertiary/aromatic N) is 1. The van der Waals surface area contributed by atoms with Gasteiger partial charge in [-0.1, -0.05) is 35.1 Å². The SMILES string of the molecule is CC[n+]1c(/C=C(\C)Cl)sc2ccccc21.[Cl-]. The smallest absolute Gasteiger partial charge is 0.263 e. The first-order valence-corrected chi connectivity index (χ1v) is 6.17. The number of fused-ring (bicyclic) bond motifs is 1. The molecule has 0 bridgehead atoms. The van der Waals surface area contributed by atoms with E-state index >= 15 is 0 Å². The van der Waals surface area contributed by atoms with Crippen LogP contribution >= 0.6 is 22.9 Å². The van der Waals surface area contributed by atoms with E-state index in [1.54, 1.807) is 11.3 Å². The lowest BCUT2D eigenvalue weighted by atomic mass is 10.3. The van der Waals surface area contributed by atoms with E-state index in [0.29, 0.717) is 0 Å². The summed E-state index contributed by atoms with van der Waals surface area (Å²) in [4.78, 5) is 0. The van der Waals surface area contributed by atoms with Crippen LogP contribution in [0.15, 0.2) is 29.3 Å². The van der Waals surface area contributed by atoms with E-state index in [2.05, 4.69) is 35.8 Å². The summed E-state index contributed by atoms with van der Waals surface area (Å²) in [5.74, 6) is 0. The third kappa shape index (κ3) is 2.57. The second-order valence-electron chi connectivity index (χ2n) is 3.38. The number of allylic oxidation sites excluding steroid dienone is 1. The Labute approximate surface area is 111 Å². The average molecular weight is 274 g/mol. The van der Waals surface area contributed by atoms with Gasteiger partial charge < -0.3 is 12.4 Å². The fraction of sp³-hybridized carbons (Fsp3) is 0.250. The van der Waals surface area contributed by atoms with Crippen LogP contribution in [0.5, 0.6) is 0 Å². The van der Waals surface area contributed by atoms with Gasteiger partial charge >= 0.3 is 0 Å². The van der Waals surface area contributed by atoms with Crippen LogP contribution in [0, 0.1) is 0 Å². The summed E-state index contributed by atoms with van der Waals surface area (Å²) in [5, 5.41) is 2.04. The highest BCUT2D eigenvalue weighted by Crippen LogP contribution is 2.22. The maximum atomic E-state index is 5.92.